The van der Waals surface area contributed by atoms with Gasteiger partial charge in [-0.05, 0) is 6.08 Å². The summed E-state index contributed by atoms with van der Waals surface area (Å²) in [7, 11) is -4.45. The van der Waals surface area contributed by atoms with E-state index in [0.717, 1.165) is 0 Å². The zero-order valence-corrected chi connectivity index (χ0v) is 13.3. The number of hydrogen-bond acceptors (Lipinski definition) is 6. The van der Waals surface area contributed by atoms with E-state index in [9.17, 15) is 8.96 Å². The number of ether oxygens (including phenoxy) is 1. The van der Waals surface area contributed by atoms with Crippen molar-refractivity contribution in [2.75, 3.05) is 12.1 Å². The van der Waals surface area contributed by atoms with Gasteiger partial charge in [0.25, 0.3) is 0 Å². The highest BCUT2D eigenvalue weighted by atomic mass is 31.2. The van der Waals surface area contributed by atoms with E-state index in [0.29, 0.717) is 11.2 Å². The molecule has 3 rings (SSSR count). The predicted molar refractivity (Wildman–Crippen MR) is 83.5 cm³/mol. The van der Waals surface area contributed by atoms with Gasteiger partial charge in [-0.15, -0.1) is 0 Å². The molecular weight excluding hydrogens is 340 g/mol. The smallest absolute Gasteiger partial charge is 0.351 e. The molecule has 0 fully saturated rings. The van der Waals surface area contributed by atoms with Crippen LogP contribution in [0.4, 0.5) is 10.2 Å². The van der Waals surface area contributed by atoms with Gasteiger partial charge in [-0.25, -0.2) is 19.3 Å². The van der Waals surface area contributed by atoms with Gasteiger partial charge in [-0.2, -0.15) is 0 Å². The fourth-order valence-corrected chi connectivity index (χ4v) is 3.03. The van der Waals surface area contributed by atoms with E-state index in [1.54, 1.807) is 4.57 Å². The van der Waals surface area contributed by atoms with Gasteiger partial charge in [0.1, 0.15) is 29.6 Å². The molecule has 24 heavy (non-hydrogen) atoms. The van der Waals surface area contributed by atoms with Gasteiger partial charge in [-0.3, -0.25) is 4.57 Å². The Hall–Kier alpha value is -2.13. The van der Waals surface area contributed by atoms with E-state index in [1.165, 1.54) is 24.8 Å². The highest BCUT2D eigenvalue weighted by Gasteiger charge is 2.43. The minimum absolute atomic E-state index is 0.0533. The summed E-state index contributed by atoms with van der Waals surface area (Å²) in [6.45, 7) is 3.53. The second-order valence-electron chi connectivity index (χ2n) is 5.40. The zero-order chi connectivity index (χ0) is 17.5. The number of nitrogens with zero attached hydrogens (tertiary/aromatic N) is 4. The molecule has 4 N–H and O–H groups in total. The largest absolute Gasteiger partial charge is 0.382 e. The molecule has 1 unspecified atom stereocenters. The van der Waals surface area contributed by atoms with E-state index >= 15 is 0 Å². The number of anilines is 1. The first-order valence-electron chi connectivity index (χ1n) is 6.89. The normalized spacial score (nSPS) is 24.3. The molecule has 11 heteroatoms. The van der Waals surface area contributed by atoms with Crippen LogP contribution in [0.1, 0.15) is 12.5 Å². The number of fused-ring (bicyclic) bond motifs is 1. The number of halogens is 1. The van der Waals surface area contributed by atoms with Gasteiger partial charge in [0, 0.05) is 6.42 Å². The Kier molecular flexibility index (Phi) is 4.00. The third-order valence-corrected chi connectivity index (χ3v) is 4.29. The van der Waals surface area contributed by atoms with Gasteiger partial charge < -0.3 is 24.8 Å². The van der Waals surface area contributed by atoms with Gasteiger partial charge in [0.15, 0.2) is 11.5 Å². The van der Waals surface area contributed by atoms with Crippen LogP contribution >= 0.6 is 7.60 Å². The van der Waals surface area contributed by atoms with Crippen molar-refractivity contribution < 1.29 is 23.5 Å². The van der Waals surface area contributed by atoms with E-state index in [2.05, 4.69) is 21.5 Å². The number of rotatable bonds is 5. The summed E-state index contributed by atoms with van der Waals surface area (Å²) in [6, 6.07) is -0.529. The van der Waals surface area contributed by atoms with Gasteiger partial charge in [0.05, 0.1) is 12.4 Å². The van der Waals surface area contributed by atoms with Crippen molar-refractivity contribution in [3.8, 4) is 0 Å². The summed E-state index contributed by atoms with van der Waals surface area (Å²) >= 11 is 0. The van der Waals surface area contributed by atoms with Gasteiger partial charge in [-0.1, -0.05) is 12.7 Å². The minimum Gasteiger partial charge on any atom is -0.382 e. The fraction of sp³-hybridized carbons (Fsp3) is 0.308. The first-order valence-corrected chi connectivity index (χ1v) is 8.68. The van der Waals surface area contributed by atoms with Crippen LogP contribution in [-0.2, 0) is 9.30 Å². The lowest BCUT2D eigenvalue weighted by Gasteiger charge is -2.26. The molecule has 2 aromatic rings. The van der Waals surface area contributed by atoms with Crippen LogP contribution in [0.5, 0.6) is 0 Å². The second kappa shape index (κ2) is 5.75. The molecule has 2 heterocycles. The van der Waals surface area contributed by atoms with Crippen LogP contribution in [0.2, 0.25) is 0 Å². The third-order valence-electron chi connectivity index (χ3n) is 3.82. The van der Waals surface area contributed by atoms with Crippen LogP contribution in [0.25, 0.3) is 11.2 Å². The molecule has 1 aliphatic carbocycles. The molecule has 0 saturated carbocycles. The molecule has 0 saturated heterocycles. The molecule has 0 spiro atoms. The van der Waals surface area contributed by atoms with Crippen LogP contribution in [-0.4, -0.2) is 41.3 Å². The lowest BCUT2D eigenvalue weighted by molar-refractivity contribution is 0.0211. The highest BCUT2D eigenvalue weighted by Crippen LogP contribution is 2.45. The molecule has 9 nitrogen and oxygen atoms in total. The fourth-order valence-electron chi connectivity index (χ4n) is 2.64. The molecule has 2 aromatic heterocycles. The number of allylic oxidation sites excluding steroid dienone is 1. The van der Waals surface area contributed by atoms with Gasteiger partial charge >= 0.3 is 7.60 Å². The van der Waals surface area contributed by atoms with E-state index in [-0.39, 0.29) is 12.2 Å². The zero-order valence-electron chi connectivity index (χ0n) is 12.4. The molecule has 0 bridgehead atoms. The van der Waals surface area contributed by atoms with Crippen LogP contribution in [0, 0.1) is 0 Å². The topological polar surface area (TPSA) is 136 Å². The van der Waals surface area contributed by atoms with Crippen LogP contribution in [0.3, 0.4) is 0 Å². The number of aromatic nitrogens is 4. The van der Waals surface area contributed by atoms with Crippen LogP contribution in [0.15, 0.2) is 37.2 Å². The first-order chi connectivity index (χ1) is 11.3. The van der Waals surface area contributed by atoms with E-state index in [4.69, 9.17) is 20.3 Å². The maximum Gasteiger partial charge on any atom is 0.351 e. The molecule has 0 aromatic carbocycles. The molecule has 128 valence electrons. The Labute approximate surface area is 135 Å². The van der Waals surface area contributed by atoms with E-state index < -0.39 is 31.4 Å². The molecular formula is C13H15FN5O4P. The summed E-state index contributed by atoms with van der Waals surface area (Å²) < 4.78 is 32.2. The molecule has 0 amide bonds. The summed E-state index contributed by atoms with van der Waals surface area (Å²) in [4.78, 5) is 30.0. The maximum atomic E-state index is 14.5. The lowest BCUT2D eigenvalue weighted by Crippen LogP contribution is -2.30. The Balaban J connectivity index is 1.93. The number of nitrogen functional groups attached to an aromatic ring is 1. The Morgan fingerprint density at radius 2 is 2.29 bits per heavy atom. The number of nitrogens with two attached hydrogens (primary N) is 1. The van der Waals surface area contributed by atoms with Crippen molar-refractivity contribution in [2.24, 2.45) is 0 Å². The Morgan fingerprint density at radius 3 is 2.96 bits per heavy atom. The van der Waals surface area contributed by atoms with Crippen molar-refractivity contribution in [1.82, 2.24) is 19.5 Å². The van der Waals surface area contributed by atoms with Crippen molar-refractivity contribution in [2.45, 2.75) is 18.1 Å². The van der Waals surface area contributed by atoms with E-state index in [1.807, 2.05) is 0 Å². The average Bonchev–Trinajstić information content (AvgIpc) is 3.07. The standard InChI is InChI=1S/C13H15FN5O4P/c1-2-13(23-7-24(20,21)22)4-8(3-9(13)14)19-6-18-10-11(15)16-5-17-12(10)19/h2-3,5-6,8H,1,4,7H2,(H2,15,16,17)(H2,20,21,22)/t8?,13-/m0/s1. The molecule has 2 atom stereocenters. The van der Waals surface area contributed by atoms with Crippen molar-refractivity contribution in [3.63, 3.8) is 0 Å². The average molecular weight is 355 g/mol. The second-order valence-corrected chi connectivity index (χ2v) is 6.99. The van der Waals surface area contributed by atoms with Crippen molar-refractivity contribution in [1.29, 1.82) is 0 Å². The summed E-state index contributed by atoms with van der Waals surface area (Å²) in [6.07, 6.45) is 4.34. The SMILES string of the molecule is C=C[C@]1(OCP(=O)(O)O)CC(n2cnc3c(N)ncnc32)C=C1F. The first kappa shape index (κ1) is 16.7. The van der Waals surface area contributed by atoms with Crippen molar-refractivity contribution in [3.05, 3.63) is 37.2 Å². The monoisotopic (exact) mass is 355 g/mol. The third kappa shape index (κ3) is 2.84. The summed E-state index contributed by atoms with van der Waals surface area (Å²) in [5.41, 5.74) is 4.93. The number of hydrogen-bond donors (Lipinski definition) is 3. The molecule has 1 aliphatic rings. The maximum absolute atomic E-state index is 14.5. The quantitative estimate of drug-likeness (QED) is 0.539. The molecule has 0 aliphatic heterocycles. The van der Waals surface area contributed by atoms with Gasteiger partial charge in [0.2, 0.25) is 0 Å². The summed E-state index contributed by atoms with van der Waals surface area (Å²) in [5.74, 6) is -0.478. The summed E-state index contributed by atoms with van der Waals surface area (Å²) in [5, 5.41) is 0. The Morgan fingerprint density at radius 1 is 1.54 bits per heavy atom. The minimum atomic E-state index is -4.45. The lowest BCUT2D eigenvalue weighted by atomic mass is 10.0. The predicted octanol–water partition coefficient (Wildman–Crippen LogP) is 1.28. The van der Waals surface area contributed by atoms with Crippen molar-refractivity contribution >= 4 is 24.6 Å². The molecule has 0 radical (unpaired) electrons. The van der Waals surface area contributed by atoms with Crippen LogP contribution < -0.4 is 5.73 Å². The number of imidazole rings is 1. The highest BCUT2D eigenvalue weighted by molar-refractivity contribution is 7.51. The Bertz CT molecular complexity index is 878.